The SMILES string of the molecule is CCOC(=O)[C@H]1CCCN(S(=O)(=O)/C=C/c2ccccc2)C1. The van der Waals surface area contributed by atoms with Crippen LogP contribution in [0.2, 0.25) is 0 Å². The number of carbonyl (C=O) groups excluding carboxylic acids is 1. The van der Waals surface area contributed by atoms with Crippen molar-refractivity contribution in [3.05, 3.63) is 41.3 Å². The van der Waals surface area contributed by atoms with Gasteiger partial charge in [-0.15, -0.1) is 0 Å². The molecule has 1 saturated heterocycles. The maximum atomic E-state index is 12.4. The zero-order valence-corrected chi connectivity index (χ0v) is 13.5. The van der Waals surface area contributed by atoms with Crippen LogP contribution >= 0.6 is 0 Å². The Bertz CT molecular complexity index is 625. The molecule has 1 aromatic carbocycles. The van der Waals surface area contributed by atoms with Crippen LogP contribution in [0.25, 0.3) is 6.08 Å². The molecule has 0 aliphatic carbocycles. The zero-order chi connectivity index (χ0) is 16.0. The third-order valence-electron chi connectivity index (χ3n) is 3.60. The van der Waals surface area contributed by atoms with Gasteiger partial charge in [-0.05, 0) is 31.4 Å². The Morgan fingerprint density at radius 2 is 2.09 bits per heavy atom. The van der Waals surface area contributed by atoms with Gasteiger partial charge in [0.25, 0.3) is 0 Å². The van der Waals surface area contributed by atoms with Gasteiger partial charge in [-0.1, -0.05) is 30.3 Å². The number of rotatable bonds is 5. The van der Waals surface area contributed by atoms with Gasteiger partial charge in [0.05, 0.1) is 12.5 Å². The van der Waals surface area contributed by atoms with E-state index in [9.17, 15) is 13.2 Å². The van der Waals surface area contributed by atoms with E-state index in [1.54, 1.807) is 13.0 Å². The van der Waals surface area contributed by atoms with E-state index in [0.29, 0.717) is 26.0 Å². The Labute approximate surface area is 131 Å². The second kappa shape index (κ2) is 7.56. The minimum atomic E-state index is -3.52. The first-order valence-corrected chi connectivity index (χ1v) is 8.93. The molecule has 0 amide bonds. The molecule has 1 fully saturated rings. The topological polar surface area (TPSA) is 63.7 Å². The maximum absolute atomic E-state index is 12.4. The van der Waals surface area contributed by atoms with E-state index in [-0.39, 0.29) is 18.4 Å². The van der Waals surface area contributed by atoms with Crippen molar-refractivity contribution in [3.8, 4) is 0 Å². The van der Waals surface area contributed by atoms with Crippen molar-refractivity contribution in [2.45, 2.75) is 19.8 Å². The third kappa shape index (κ3) is 4.42. The lowest BCUT2D eigenvalue weighted by Crippen LogP contribution is -2.41. The van der Waals surface area contributed by atoms with Crippen LogP contribution in [-0.4, -0.2) is 38.4 Å². The van der Waals surface area contributed by atoms with Crippen LogP contribution in [-0.2, 0) is 19.6 Å². The van der Waals surface area contributed by atoms with Crippen molar-refractivity contribution >= 4 is 22.1 Å². The van der Waals surface area contributed by atoms with Crippen LogP contribution in [0.15, 0.2) is 35.7 Å². The number of ether oxygens (including phenoxy) is 1. The molecular formula is C16H21NO4S. The van der Waals surface area contributed by atoms with Gasteiger partial charge in [-0.3, -0.25) is 4.79 Å². The number of hydrogen-bond acceptors (Lipinski definition) is 4. The highest BCUT2D eigenvalue weighted by molar-refractivity contribution is 7.92. The lowest BCUT2D eigenvalue weighted by atomic mass is 10.0. The summed E-state index contributed by atoms with van der Waals surface area (Å²) in [5.41, 5.74) is 0.824. The molecule has 120 valence electrons. The highest BCUT2D eigenvalue weighted by Crippen LogP contribution is 2.21. The van der Waals surface area contributed by atoms with E-state index in [1.807, 2.05) is 30.3 Å². The van der Waals surface area contributed by atoms with Crippen molar-refractivity contribution in [2.24, 2.45) is 5.92 Å². The van der Waals surface area contributed by atoms with E-state index >= 15 is 0 Å². The average molecular weight is 323 g/mol. The highest BCUT2D eigenvalue weighted by atomic mass is 32.2. The molecule has 22 heavy (non-hydrogen) atoms. The fraction of sp³-hybridized carbons (Fsp3) is 0.438. The molecule has 1 aliphatic heterocycles. The summed E-state index contributed by atoms with van der Waals surface area (Å²) in [7, 11) is -3.52. The molecule has 1 heterocycles. The predicted molar refractivity (Wildman–Crippen MR) is 85.3 cm³/mol. The molecular weight excluding hydrogens is 302 g/mol. The lowest BCUT2D eigenvalue weighted by molar-refractivity contribution is -0.149. The molecule has 0 aromatic heterocycles. The standard InChI is InChI=1S/C16H21NO4S/c1-2-21-16(18)15-9-6-11-17(13-15)22(19,20)12-10-14-7-4-3-5-8-14/h3-5,7-8,10,12,15H,2,6,9,11,13H2,1H3/b12-10+/t15-/m0/s1. The molecule has 2 rings (SSSR count). The first-order chi connectivity index (χ1) is 10.5. The smallest absolute Gasteiger partial charge is 0.310 e. The number of piperidine rings is 1. The molecule has 0 spiro atoms. The van der Waals surface area contributed by atoms with Crippen LogP contribution in [0.4, 0.5) is 0 Å². The number of carbonyl (C=O) groups is 1. The number of esters is 1. The molecule has 0 radical (unpaired) electrons. The van der Waals surface area contributed by atoms with Gasteiger partial charge in [-0.2, -0.15) is 4.31 Å². The van der Waals surface area contributed by atoms with Gasteiger partial charge < -0.3 is 4.74 Å². The number of sulfonamides is 1. The molecule has 0 unspecified atom stereocenters. The minimum absolute atomic E-state index is 0.195. The Kier molecular flexibility index (Phi) is 5.74. The number of hydrogen-bond donors (Lipinski definition) is 0. The van der Waals surface area contributed by atoms with E-state index in [0.717, 1.165) is 5.56 Å². The summed E-state index contributed by atoms with van der Waals surface area (Å²) in [6, 6.07) is 9.25. The predicted octanol–water partition coefficient (Wildman–Crippen LogP) is 2.26. The van der Waals surface area contributed by atoms with Crippen LogP contribution in [0.5, 0.6) is 0 Å². The zero-order valence-electron chi connectivity index (χ0n) is 12.6. The monoisotopic (exact) mass is 323 g/mol. The highest BCUT2D eigenvalue weighted by Gasteiger charge is 2.31. The fourth-order valence-corrected chi connectivity index (χ4v) is 3.71. The molecule has 1 aliphatic rings. The Hall–Kier alpha value is -1.66. The fourth-order valence-electron chi connectivity index (χ4n) is 2.44. The van der Waals surface area contributed by atoms with E-state index in [4.69, 9.17) is 4.74 Å². The summed E-state index contributed by atoms with van der Waals surface area (Å²) in [6.45, 7) is 2.70. The summed E-state index contributed by atoms with van der Waals surface area (Å²) in [6.07, 6.45) is 2.92. The maximum Gasteiger partial charge on any atom is 0.310 e. The van der Waals surface area contributed by atoms with Crippen molar-refractivity contribution in [3.63, 3.8) is 0 Å². The van der Waals surface area contributed by atoms with Crippen LogP contribution < -0.4 is 0 Å². The quantitative estimate of drug-likeness (QED) is 0.780. The molecule has 0 N–H and O–H groups in total. The van der Waals surface area contributed by atoms with Crippen LogP contribution in [0, 0.1) is 5.92 Å². The van der Waals surface area contributed by atoms with E-state index in [1.165, 1.54) is 9.71 Å². The molecule has 0 bridgehead atoms. The van der Waals surface area contributed by atoms with Gasteiger partial charge in [0.1, 0.15) is 0 Å². The van der Waals surface area contributed by atoms with Gasteiger partial charge >= 0.3 is 5.97 Å². The first-order valence-electron chi connectivity index (χ1n) is 7.43. The largest absolute Gasteiger partial charge is 0.466 e. The summed E-state index contributed by atoms with van der Waals surface area (Å²) in [5, 5.41) is 1.20. The Balaban J connectivity index is 2.05. The molecule has 6 heteroatoms. The second-order valence-corrected chi connectivity index (χ2v) is 7.03. The molecule has 1 atom stereocenters. The Morgan fingerprint density at radius 3 is 2.77 bits per heavy atom. The molecule has 0 saturated carbocycles. The van der Waals surface area contributed by atoms with Crippen molar-refractivity contribution < 1.29 is 17.9 Å². The van der Waals surface area contributed by atoms with Crippen molar-refractivity contribution in [1.82, 2.24) is 4.31 Å². The van der Waals surface area contributed by atoms with Gasteiger partial charge in [0.15, 0.2) is 0 Å². The summed E-state index contributed by atoms with van der Waals surface area (Å²) < 4.78 is 31.1. The number of benzene rings is 1. The number of nitrogens with zero attached hydrogens (tertiary/aromatic N) is 1. The summed E-state index contributed by atoms with van der Waals surface area (Å²) in [5.74, 6) is -0.678. The van der Waals surface area contributed by atoms with Gasteiger partial charge in [-0.25, -0.2) is 8.42 Å². The van der Waals surface area contributed by atoms with E-state index < -0.39 is 10.0 Å². The van der Waals surface area contributed by atoms with Gasteiger partial charge in [0.2, 0.25) is 10.0 Å². The van der Waals surface area contributed by atoms with Crippen LogP contribution in [0.3, 0.4) is 0 Å². The summed E-state index contributed by atoms with van der Waals surface area (Å²) in [4.78, 5) is 11.8. The minimum Gasteiger partial charge on any atom is -0.466 e. The normalized spacial score (nSPS) is 20.1. The molecule has 5 nitrogen and oxygen atoms in total. The molecule has 1 aromatic rings. The third-order valence-corrected chi connectivity index (χ3v) is 5.13. The van der Waals surface area contributed by atoms with Crippen LogP contribution in [0.1, 0.15) is 25.3 Å². The van der Waals surface area contributed by atoms with Crippen molar-refractivity contribution in [2.75, 3.05) is 19.7 Å². The Morgan fingerprint density at radius 1 is 1.36 bits per heavy atom. The first kappa shape index (κ1) is 16.7. The summed E-state index contributed by atoms with van der Waals surface area (Å²) >= 11 is 0. The second-order valence-electron chi connectivity index (χ2n) is 5.21. The average Bonchev–Trinajstić information content (AvgIpc) is 2.54. The van der Waals surface area contributed by atoms with Gasteiger partial charge in [0, 0.05) is 18.5 Å². The van der Waals surface area contributed by atoms with E-state index in [2.05, 4.69) is 0 Å². The van der Waals surface area contributed by atoms with Crippen molar-refractivity contribution in [1.29, 1.82) is 0 Å². The lowest BCUT2D eigenvalue weighted by Gasteiger charge is -2.29.